The van der Waals surface area contributed by atoms with Gasteiger partial charge in [-0.25, -0.2) is 14.6 Å². The lowest BCUT2D eigenvalue weighted by Gasteiger charge is -2.10. The van der Waals surface area contributed by atoms with E-state index >= 15 is 0 Å². The van der Waals surface area contributed by atoms with Gasteiger partial charge in [0.2, 0.25) is 5.91 Å². The number of fused-ring (bicyclic) bond motifs is 3. The largest absolute Gasteiger partial charge is 0.465 e. The Morgan fingerprint density at radius 1 is 1.09 bits per heavy atom. The van der Waals surface area contributed by atoms with Gasteiger partial charge in [-0.3, -0.25) is 9.59 Å². The van der Waals surface area contributed by atoms with Gasteiger partial charge in [0, 0.05) is 10.6 Å². The molecule has 0 bridgehead atoms. The van der Waals surface area contributed by atoms with E-state index in [1.54, 1.807) is 11.3 Å². The van der Waals surface area contributed by atoms with E-state index in [-0.39, 0.29) is 28.1 Å². The molecule has 0 unspecified atom stereocenters. The van der Waals surface area contributed by atoms with Gasteiger partial charge in [-0.05, 0) is 49.4 Å². The van der Waals surface area contributed by atoms with Gasteiger partial charge in [0.05, 0.1) is 36.5 Å². The van der Waals surface area contributed by atoms with E-state index in [1.165, 1.54) is 37.3 Å². The molecule has 0 saturated heterocycles. The van der Waals surface area contributed by atoms with E-state index in [2.05, 4.69) is 15.3 Å². The summed E-state index contributed by atoms with van der Waals surface area (Å²) in [5.41, 5.74) is 1.36. The van der Waals surface area contributed by atoms with Crippen LogP contribution in [-0.2, 0) is 27.1 Å². The molecule has 0 spiro atoms. The fourth-order valence-corrected chi connectivity index (χ4v) is 5.70. The van der Waals surface area contributed by atoms with Crippen LogP contribution in [0.5, 0.6) is 0 Å². The van der Waals surface area contributed by atoms with E-state index in [0.717, 1.165) is 43.0 Å². The number of anilines is 1. The molecule has 1 amide bonds. The summed E-state index contributed by atoms with van der Waals surface area (Å²) in [5, 5.41) is 3.68. The lowest BCUT2D eigenvalue weighted by atomic mass is 9.97. The number of carbonyl (C=O) groups is 3. The Labute approximate surface area is 196 Å². The highest BCUT2D eigenvalue weighted by atomic mass is 32.2. The second-order valence-electron chi connectivity index (χ2n) is 7.38. The van der Waals surface area contributed by atoms with Crippen molar-refractivity contribution < 1.29 is 23.9 Å². The predicted octanol–water partition coefficient (Wildman–Crippen LogP) is 3.17. The van der Waals surface area contributed by atoms with Crippen molar-refractivity contribution in [3.63, 3.8) is 0 Å². The maximum Gasteiger partial charge on any atom is 0.337 e. The number of hydrogen-bond donors (Lipinski definition) is 2. The molecule has 33 heavy (non-hydrogen) atoms. The zero-order valence-corrected chi connectivity index (χ0v) is 19.6. The number of amides is 1. The molecule has 1 aliphatic carbocycles. The van der Waals surface area contributed by atoms with Crippen molar-refractivity contribution in [2.45, 2.75) is 30.8 Å². The van der Waals surface area contributed by atoms with Crippen molar-refractivity contribution in [2.75, 3.05) is 25.3 Å². The van der Waals surface area contributed by atoms with E-state index in [9.17, 15) is 19.2 Å². The molecule has 0 saturated carbocycles. The first-order valence-corrected chi connectivity index (χ1v) is 12.0. The third-order valence-electron chi connectivity index (χ3n) is 5.20. The van der Waals surface area contributed by atoms with Crippen LogP contribution in [0.25, 0.3) is 10.2 Å². The van der Waals surface area contributed by atoms with Crippen LogP contribution in [0, 0.1) is 0 Å². The fourth-order valence-electron chi connectivity index (χ4n) is 3.71. The van der Waals surface area contributed by atoms with Crippen molar-refractivity contribution in [1.82, 2.24) is 9.97 Å². The molecule has 172 valence electrons. The third kappa shape index (κ3) is 4.93. The molecule has 11 heteroatoms. The number of aryl methyl sites for hydroxylation is 2. The molecule has 1 aliphatic rings. The van der Waals surface area contributed by atoms with Crippen LogP contribution in [-0.4, -0.2) is 47.8 Å². The number of hydrogen-bond acceptors (Lipinski definition) is 9. The van der Waals surface area contributed by atoms with Gasteiger partial charge in [-0.1, -0.05) is 11.8 Å². The highest BCUT2D eigenvalue weighted by Crippen LogP contribution is 2.34. The number of nitrogens with zero attached hydrogens (tertiary/aromatic N) is 1. The standard InChI is InChI=1S/C22H21N3O6S2/c1-30-20(28)11-7-12(21(29)31-2)9-13(8-11)23-16(26)10-32-22-24-18(27)17-14-5-3-4-6-15(14)33-19(17)25-22/h7-9H,3-6,10H2,1-2H3,(H,23,26)(H,24,25,27). The van der Waals surface area contributed by atoms with E-state index in [1.807, 2.05) is 0 Å². The molecule has 0 aliphatic heterocycles. The minimum atomic E-state index is -0.653. The number of ether oxygens (including phenoxy) is 2. The van der Waals surface area contributed by atoms with Crippen LogP contribution in [0.3, 0.4) is 0 Å². The Kier molecular flexibility index (Phi) is 6.80. The van der Waals surface area contributed by atoms with Crippen LogP contribution in [0.15, 0.2) is 28.2 Å². The third-order valence-corrected chi connectivity index (χ3v) is 7.26. The van der Waals surface area contributed by atoms with Crippen molar-refractivity contribution >= 4 is 56.8 Å². The maximum atomic E-state index is 12.6. The number of aromatic nitrogens is 2. The number of methoxy groups -OCH3 is 2. The molecule has 2 N–H and O–H groups in total. The van der Waals surface area contributed by atoms with Crippen LogP contribution >= 0.6 is 23.1 Å². The number of carbonyl (C=O) groups excluding carboxylic acids is 3. The number of thioether (sulfide) groups is 1. The second-order valence-corrected chi connectivity index (χ2v) is 9.43. The SMILES string of the molecule is COC(=O)c1cc(NC(=O)CSc2nc3sc4c(c3c(=O)[nH]2)CCCC4)cc(C(=O)OC)c1. The Hall–Kier alpha value is -3.18. The van der Waals surface area contributed by atoms with Crippen molar-refractivity contribution in [3.05, 3.63) is 50.1 Å². The lowest BCUT2D eigenvalue weighted by Crippen LogP contribution is -2.17. The van der Waals surface area contributed by atoms with Gasteiger partial charge in [0.25, 0.3) is 5.56 Å². The monoisotopic (exact) mass is 487 g/mol. The molecule has 0 fully saturated rings. The smallest absolute Gasteiger partial charge is 0.337 e. The maximum absolute atomic E-state index is 12.6. The van der Waals surface area contributed by atoms with Crippen LogP contribution in [0.4, 0.5) is 5.69 Å². The first-order valence-electron chi connectivity index (χ1n) is 10.2. The molecule has 3 aromatic rings. The normalized spacial score (nSPS) is 12.8. The topological polar surface area (TPSA) is 127 Å². The molecular weight excluding hydrogens is 466 g/mol. The molecule has 0 atom stereocenters. The van der Waals surface area contributed by atoms with Crippen LogP contribution in [0.1, 0.15) is 44.0 Å². The molecular formula is C22H21N3O6S2. The molecule has 0 radical (unpaired) electrons. The van der Waals surface area contributed by atoms with Gasteiger partial charge in [-0.2, -0.15) is 0 Å². The summed E-state index contributed by atoms with van der Waals surface area (Å²) in [6.07, 6.45) is 4.06. The minimum absolute atomic E-state index is 0.0322. The van der Waals surface area contributed by atoms with E-state index in [4.69, 9.17) is 9.47 Å². The zero-order valence-electron chi connectivity index (χ0n) is 18.0. The number of nitrogens with one attached hydrogen (secondary N) is 2. The molecule has 9 nitrogen and oxygen atoms in total. The summed E-state index contributed by atoms with van der Waals surface area (Å²) < 4.78 is 9.40. The van der Waals surface area contributed by atoms with Crippen molar-refractivity contribution in [1.29, 1.82) is 0 Å². The summed E-state index contributed by atoms with van der Waals surface area (Å²) in [6.45, 7) is 0. The zero-order chi connectivity index (χ0) is 23.5. The number of H-pyrrole nitrogens is 1. The highest BCUT2D eigenvalue weighted by Gasteiger charge is 2.20. The summed E-state index contributed by atoms with van der Waals surface area (Å²) >= 11 is 2.64. The average molecular weight is 488 g/mol. The van der Waals surface area contributed by atoms with Crippen molar-refractivity contribution in [2.24, 2.45) is 0 Å². The first-order chi connectivity index (χ1) is 15.9. The summed E-state index contributed by atoms with van der Waals surface area (Å²) in [4.78, 5) is 58.2. The fraction of sp³-hybridized carbons (Fsp3) is 0.318. The highest BCUT2D eigenvalue weighted by molar-refractivity contribution is 7.99. The van der Waals surface area contributed by atoms with Gasteiger partial charge < -0.3 is 19.8 Å². The predicted molar refractivity (Wildman–Crippen MR) is 125 cm³/mol. The van der Waals surface area contributed by atoms with Gasteiger partial charge in [-0.15, -0.1) is 11.3 Å². The number of thiophene rings is 1. The molecule has 2 heterocycles. The van der Waals surface area contributed by atoms with Crippen LogP contribution in [0.2, 0.25) is 0 Å². The number of aromatic amines is 1. The van der Waals surface area contributed by atoms with Gasteiger partial charge in [0.1, 0.15) is 4.83 Å². The Bertz CT molecular complexity index is 1280. The lowest BCUT2D eigenvalue weighted by molar-refractivity contribution is -0.113. The summed E-state index contributed by atoms with van der Waals surface area (Å²) in [7, 11) is 2.44. The van der Waals surface area contributed by atoms with E-state index < -0.39 is 17.8 Å². The number of esters is 2. The summed E-state index contributed by atoms with van der Waals surface area (Å²) in [5.74, 6) is -1.74. The molecule has 1 aromatic carbocycles. The first kappa shape index (κ1) is 23.0. The number of rotatable bonds is 6. The van der Waals surface area contributed by atoms with Gasteiger partial charge in [0.15, 0.2) is 5.16 Å². The second kappa shape index (κ2) is 9.75. The van der Waals surface area contributed by atoms with Crippen LogP contribution < -0.4 is 10.9 Å². The van der Waals surface area contributed by atoms with Crippen molar-refractivity contribution in [3.8, 4) is 0 Å². The van der Waals surface area contributed by atoms with E-state index in [0.29, 0.717) is 15.4 Å². The summed E-state index contributed by atoms with van der Waals surface area (Å²) in [6, 6.07) is 4.14. The van der Waals surface area contributed by atoms with Gasteiger partial charge >= 0.3 is 11.9 Å². The Morgan fingerprint density at radius 2 is 1.76 bits per heavy atom. The average Bonchev–Trinajstić information content (AvgIpc) is 3.20. The molecule has 4 rings (SSSR count). The minimum Gasteiger partial charge on any atom is -0.465 e. The Morgan fingerprint density at radius 3 is 2.42 bits per heavy atom. The quantitative estimate of drug-likeness (QED) is 0.308. The molecule has 2 aromatic heterocycles. The Balaban J connectivity index is 1.49. The number of benzene rings is 1.